The van der Waals surface area contributed by atoms with Crippen LogP contribution in [0.4, 0.5) is 0 Å². The van der Waals surface area contributed by atoms with Crippen LogP contribution in [0.5, 0.6) is 5.75 Å². The fourth-order valence-electron chi connectivity index (χ4n) is 7.24. The van der Waals surface area contributed by atoms with Crippen molar-refractivity contribution in [2.45, 2.75) is 63.5 Å². The number of fused-ring (bicyclic) bond motifs is 2. The summed E-state index contributed by atoms with van der Waals surface area (Å²) >= 11 is 0. The Morgan fingerprint density at radius 1 is 1.09 bits per heavy atom. The molecule has 5 rings (SSSR count). The summed E-state index contributed by atoms with van der Waals surface area (Å²) in [5.74, 6) is 2.27. The van der Waals surface area contributed by atoms with Gasteiger partial charge in [-0.1, -0.05) is 69.2 Å². The molecule has 0 aromatic heterocycles. The number of amides is 1. The van der Waals surface area contributed by atoms with E-state index < -0.39 is 0 Å². The molecular weight excluding hydrogens is 434 g/mol. The second kappa shape index (κ2) is 10.3. The summed E-state index contributed by atoms with van der Waals surface area (Å²) in [6, 6.07) is 17.6. The Bertz CT molecular complexity index is 1020. The van der Waals surface area contributed by atoms with Crippen molar-refractivity contribution in [1.82, 2.24) is 15.5 Å². The molecule has 5 heteroatoms. The van der Waals surface area contributed by atoms with Crippen LogP contribution in [-0.2, 0) is 16.8 Å². The number of carbonyl (C=O) groups is 1. The van der Waals surface area contributed by atoms with E-state index in [0.29, 0.717) is 23.8 Å². The SMILES string of the molecule is CCC(CC)[C@@H]1C[C@H](c2ccccc2)CCN1C(=O)[C@@H]1CNC[C@]12CNCc1c(OC)cccc12. The van der Waals surface area contributed by atoms with Crippen molar-refractivity contribution in [3.8, 4) is 5.75 Å². The molecule has 3 aliphatic rings. The number of rotatable bonds is 6. The van der Waals surface area contributed by atoms with Crippen molar-refractivity contribution in [3.05, 3.63) is 65.2 Å². The number of benzene rings is 2. The normalized spacial score (nSPS) is 28.3. The standard InChI is InChI=1S/C30H41N3O2/c1-4-21(5-2)27-16-23(22-10-7-6-8-11-22)14-15-33(27)29(34)26-18-32-20-30(26)19-31-17-24-25(30)12-9-13-28(24)35-3/h6-13,21,23,26-27,31-32H,4-5,14-20H2,1-3H3/t23-,26+,27+,30+/m1/s1. The lowest BCUT2D eigenvalue weighted by atomic mass is 9.68. The first kappa shape index (κ1) is 24.3. The number of ether oxygens (including phenoxy) is 1. The van der Waals surface area contributed by atoms with Crippen molar-refractivity contribution < 1.29 is 9.53 Å². The van der Waals surface area contributed by atoms with E-state index in [4.69, 9.17) is 4.74 Å². The fourth-order valence-corrected chi connectivity index (χ4v) is 7.24. The maximum atomic E-state index is 14.5. The molecular formula is C30H41N3O2. The quantitative estimate of drug-likeness (QED) is 0.648. The molecule has 0 saturated carbocycles. The second-order valence-corrected chi connectivity index (χ2v) is 10.7. The van der Waals surface area contributed by atoms with Gasteiger partial charge in [-0.15, -0.1) is 0 Å². The Labute approximate surface area is 210 Å². The van der Waals surface area contributed by atoms with E-state index >= 15 is 0 Å². The van der Waals surface area contributed by atoms with Crippen molar-refractivity contribution in [3.63, 3.8) is 0 Å². The summed E-state index contributed by atoms with van der Waals surface area (Å²) in [5, 5.41) is 7.24. The van der Waals surface area contributed by atoms with Gasteiger partial charge in [-0.25, -0.2) is 0 Å². The van der Waals surface area contributed by atoms with E-state index in [1.807, 2.05) is 6.07 Å². The summed E-state index contributed by atoms with van der Waals surface area (Å²) in [4.78, 5) is 16.8. The van der Waals surface area contributed by atoms with Crippen LogP contribution in [0.15, 0.2) is 48.5 Å². The van der Waals surface area contributed by atoms with E-state index in [-0.39, 0.29) is 11.3 Å². The summed E-state index contributed by atoms with van der Waals surface area (Å²) in [6.45, 7) is 8.61. The lowest BCUT2D eigenvalue weighted by Crippen LogP contribution is -2.57. The smallest absolute Gasteiger partial charge is 0.228 e. The first-order valence-corrected chi connectivity index (χ1v) is 13.6. The third kappa shape index (κ3) is 4.27. The minimum absolute atomic E-state index is 0.0636. The van der Waals surface area contributed by atoms with Gasteiger partial charge in [-0.2, -0.15) is 0 Å². The molecule has 188 valence electrons. The van der Waals surface area contributed by atoms with Gasteiger partial charge in [0.05, 0.1) is 13.0 Å². The van der Waals surface area contributed by atoms with Crippen LogP contribution in [0.3, 0.4) is 0 Å². The Hall–Kier alpha value is -2.37. The van der Waals surface area contributed by atoms with Crippen LogP contribution < -0.4 is 15.4 Å². The molecule has 0 unspecified atom stereocenters. The Kier molecular flexibility index (Phi) is 7.17. The van der Waals surface area contributed by atoms with Crippen LogP contribution in [0.2, 0.25) is 0 Å². The van der Waals surface area contributed by atoms with E-state index in [1.165, 1.54) is 16.7 Å². The summed E-state index contributed by atoms with van der Waals surface area (Å²) in [6.07, 6.45) is 4.34. The van der Waals surface area contributed by atoms with E-state index in [0.717, 1.165) is 64.2 Å². The minimum Gasteiger partial charge on any atom is -0.496 e. The highest BCUT2D eigenvalue weighted by atomic mass is 16.5. The predicted molar refractivity (Wildman–Crippen MR) is 141 cm³/mol. The number of likely N-dealkylation sites (tertiary alicyclic amines) is 1. The van der Waals surface area contributed by atoms with E-state index in [1.54, 1.807) is 7.11 Å². The largest absolute Gasteiger partial charge is 0.496 e. The van der Waals surface area contributed by atoms with Gasteiger partial charge in [0.2, 0.25) is 5.91 Å². The van der Waals surface area contributed by atoms with Gasteiger partial charge in [0.25, 0.3) is 0 Å². The van der Waals surface area contributed by atoms with Crippen LogP contribution in [-0.4, -0.2) is 50.1 Å². The molecule has 35 heavy (non-hydrogen) atoms. The molecule has 2 saturated heterocycles. The van der Waals surface area contributed by atoms with Gasteiger partial charge in [0, 0.05) is 49.7 Å². The number of nitrogens with one attached hydrogen (secondary N) is 2. The average Bonchev–Trinajstić information content (AvgIpc) is 3.33. The molecule has 0 bridgehead atoms. The minimum atomic E-state index is -0.228. The van der Waals surface area contributed by atoms with E-state index in [9.17, 15) is 4.79 Å². The van der Waals surface area contributed by atoms with Crippen molar-refractivity contribution in [2.24, 2.45) is 11.8 Å². The number of piperidine rings is 1. The van der Waals surface area contributed by atoms with Crippen molar-refractivity contribution >= 4 is 5.91 Å². The molecule has 2 aromatic rings. The second-order valence-electron chi connectivity index (χ2n) is 10.7. The molecule has 4 atom stereocenters. The van der Waals surface area contributed by atoms with Crippen molar-refractivity contribution in [2.75, 3.05) is 33.3 Å². The van der Waals surface area contributed by atoms with Crippen LogP contribution in [0.25, 0.3) is 0 Å². The zero-order valence-electron chi connectivity index (χ0n) is 21.6. The van der Waals surface area contributed by atoms with Crippen LogP contribution in [0.1, 0.15) is 62.1 Å². The third-order valence-electron chi connectivity index (χ3n) is 9.18. The summed E-state index contributed by atoms with van der Waals surface area (Å²) in [7, 11) is 1.74. The highest BCUT2D eigenvalue weighted by Crippen LogP contribution is 2.44. The van der Waals surface area contributed by atoms with Crippen LogP contribution >= 0.6 is 0 Å². The molecule has 0 radical (unpaired) electrons. The zero-order chi connectivity index (χ0) is 24.4. The first-order valence-electron chi connectivity index (χ1n) is 13.6. The van der Waals surface area contributed by atoms with Crippen LogP contribution in [0, 0.1) is 11.8 Å². The maximum absolute atomic E-state index is 14.5. The molecule has 3 heterocycles. The zero-order valence-corrected chi connectivity index (χ0v) is 21.6. The monoisotopic (exact) mass is 475 g/mol. The van der Waals surface area contributed by atoms with Crippen molar-refractivity contribution in [1.29, 1.82) is 0 Å². The number of hydrogen-bond donors (Lipinski definition) is 2. The molecule has 1 spiro atoms. The van der Waals surface area contributed by atoms with Gasteiger partial charge in [0.1, 0.15) is 5.75 Å². The van der Waals surface area contributed by atoms with Gasteiger partial charge in [0.15, 0.2) is 0 Å². The maximum Gasteiger partial charge on any atom is 0.228 e. The highest BCUT2D eigenvalue weighted by molar-refractivity contribution is 5.82. The molecule has 2 aromatic carbocycles. The molecule has 5 nitrogen and oxygen atoms in total. The lowest BCUT2D eigenvalue weighted by Gasteiger charge is -2.47. The summed E-state index contributed by atoms with van der Waals surface area (Å²) in [5.41, 5.74) is 3.69. The Balaban J connectivity index is 1.46. The molecule has 0 aliphatic carbocycles. The third-order valence-corrected chi connectivity index (χ3v) is 9.18. The van der Waals surface area contributed by atoms with E-state index in [2.05, 4.69) is 71.8 Å². The highest BCUT2D eigenvalue weighted by Gasteiger charge is 2.52. The molecule has 3 aliphatic heterocycles. The topological polar surface area (TPSA) is 53.6 Å². The van der Waals surface area contributed by atoms with Gasteiger partial charge in [-0.3, -0.25) is 4.79 Å². The number of hydrogen-bond acceptors (Lipinski definition) is 4. The molecule has 2 N–H and O–H groups in total. The van der Waals surface area contributed by atoms with Gasteiger partial charge >= 0.3 is 0 Å². The number of methoxy groups -OCH3 is 1. The predicted octanol–water partition coefficient (Wildman–Crippen LogP) is 4.47. The van der Waals surface area contributed by atoms with Gasteiger partial charge < -0.3 is 20.3 Å². The fraction of sp³-hybridized carbons (Fsp3) is 0.567. The van der Waals surface area contributed by atoms with Gasteiger partial charge in [-0.05, 0) is 41.9 Å². The average molecular weight is 476 g/mol. The Morgan fingerprint density at radius 2 is 1.86 bits per heavy atom. The molecule has 2 fully saturated rings. The summed E-state index contributed by atoms with van der Waals surface area (Å²) < 4.78 is 5.70. The lowest BCUT2D eigenvalue weighted by molar-refractivity contribution is -0.142. The molecule has 1 amide bonds. The number of nitrogens with zero attached hydrogens (tertiary/aromatic N) is 1. The Morgan fingerprint density at radius 3 is 2.60 bits per heavy atom. The first-order chi connectivity index (χ1) is 17.1. The number of carbonyl (C=O) groups excluding carboxylic acids is 1.